The lowest BCUT2D eigenvalue weighted by Crippen LogP contribution is -2.47. The van der Waals surface area contributed by atoms with Crippen molar-refractivity contribution >= 4 is 112 Å². The number of amides is 2. The number of unbranched alkanes of at least 4 members (excludes halogenated alkanes) is 2. The molecule has 298 valence electrons. The van der Waals surface area contributed by atoms with E-state index in [1.165, 1.54) is 49.2 Å². The van der Waals surface area contributed by atoms with Crippen molar-refractivity contribution in [2.24, 2.45) is 0 Å². The van der Waals surface area contributed by atoms with Crippen LogP contribution in [0, 0.1) is 0 Å². The van der Waals surface area contributed by atoms with Crippen LogP contribution < -0.4 is 0 Å². The first-order valence-electron chi connectivity index (χ1n) is 18.9. The van der Waals surface area contributed by atoms with Gasteiger partial charge in [-0.1, -0.05) is 120 Å². The van der Waals surface area contributed by atoms with E-state index in [0.717, 1.165) is 123 Å². The minimum atomic E-state index is 0.186. The number of nitrogens with zero attached hydrogens (tertiary/aromatic N) is 6. The Kier molecular flexibility index (Phi) is 23.2. The van der Waals surface area contributed by atoms with Crippen molar-refractivity contribution in [3.63, 3.8) is 0 Å². The molecule has 52 heavy (non-hydrogen) atoms. The van der Waals surface area contributed by atoms with Crippen LogP contribution in [0.2, 0.25) is 0 Å². The van der Waals surface area contributed by atoms with Gasteiger partial charge in [-0.2, -0.15) is 0 Å². The van der Waals surface area contributed by atoms with E-state index in [0.29, 0.717) is 26.4 Å². The minimum absolute atomic E-state index is 0.186. The molecule has 0 bridgehead atoms. The van der Waals surface area contributed by atoms with Crippen LogP contribution in [0.1, 0.15) is 39.5 Å². The van der Waals surface area contributed by atoms with E-state index >= 15 is 0 Å². The molecule has 0 radical (unpaired) electrons. The molecule has 4 rings (SSSR count). The molecule has 4 heterocycles. The number of hydrogen-bond donors (Lipinski definition) is 0. The zero-order valence-corrected chi connectivity index (χ0v) is 37.7. The zero-order valence-electron chi connectivity index (χ0n) is 31.1. The maximum atomic E-state index is 13.4. The number of morpholine rings is 2. The van der Waals surface area contributed by atoms with Crippen molar-refractivity contribution < 1.29 is 19.1 Å². The van der Waals surface area contributed by atoms with Crippen molar-refractivity contribution in [2.45, 2.75) is 50.0 Å². The van der Waals surface area contributed by atoms with Crippen molar-refractivity contribution in [1.29, 1.82) is 0 Å². The number of thioether (sulfide) groups is 4. The monoisotopic (exact) mass is 872 g/mol. The number of carbonyl (C=O) groups excluding carboxylic acids is 2. The number of piperazine rings is 2. The summed E-state index contributed by atoms with van der Waals surface area (Å²) in [5.74, 6) is 3.12. The number of ether oxygens (including phenoxy) is 2. The normalized spacial score (nSPS) is 20.6. The Balaban J connectivity index is 1.33. The van der Waals surface area contributed by atoms with Crippen molar-refractivity contribution in [3.8, 4) is 0 Å². The summed E-state index contributed by atoms with van der Waals surface area (Å²) in [6.07, 6.45) is 4.82. The van der Waals surface area contributed by atoms with Gasteiger partial charge >= 0.3 is 0 Å². The zero-order chi connectivity index (χ0) is 37.0. The van der Waals surface area contributed by atoms with Gasteiger partial charge < -0.3 is 29.1 Å². The van der Waals surface area contributed by atoms with Crippen LogP contribution in [0.5, 0.6) is 0 Å². The first-order valence-corrected chi connectivity index (χ1v) is 26.0. The highest BCUT2D eigenvalue weighted by Gasteiger charge is 2.27. The first-order chi connectivity index (χ1) is 25.4. The first kappa shape index (κ1) is 45.4. The summed E-state index contributed by atoms with van der Waals surface area (Å²) in [6.45, 7) is 19.9. The molecule has 2 unspecified atom stereocenters. The van der Waals surface area contributed by atoms with Crippen molar-refractivity contribution in [2.75, 3.05) is 141 Å². The molecule has 2 atom stereocenters. The van der Waals surface area contributed by atoms with Gasteiger partial charge in [0.25, 0.3) is 10.5 Å². The lowest BCUT2D eigenvalue weighted by molar-refractivity contribution is 0.0702. The van der Waals surface area contributed by atoms with Gasteiger partial charge in [0, 0.05) is 112 Å². The summed E-state index contributed by atoms with van der Waals surface area (Å²) >= 11 is 18.1. The van der Waals surface area contributed by atoms with Crippen LogP contribution in [-0.2, 0) is 9.47 Å². The number of rotatable bonds is 17. The highest BCUT2D eigenvalue weighted by atomic mass is 33.1. The van der Waals surface area contributed by atoms with Gasteiger partial charge in [-0.25, -0.2) is 0 Å². The summed E-state index contributed by atoms with van der Waals surface area (Å²) in [5, 5.41) is 0.796. The summed E-state index contributed by atoms with van der Waals surface area (Å²) in [6, 6.07) is 0. The summed E-state index contributed by atoms with van der Waals surface area (Å²) in [5.41, 5.74) is 0. The Morgan fingerprint density at radius 3 is 1.21 bits per heavy atom. The number of hydrogen-bond acceptors (Lipinski definition) is 14. The molecule has 2 amide bonds. The molecular weight excluding hydrogens is 813 g/mol. The fourth-order valence-corrected chi connectivity index (χ4v) is 15.2. The molecule has 10 nitrogen and oxygen atoms in total. The van der Waals surface area contributed by atoms with Crippen molar-refractivity contribution in [1.82, 2.24) is 29.4 Å². The molecule has 0 N–H and O–H groups in total. The second-order valence-electron chi connectivity index (χ2n) is 13.3. The average Bonchev–Trinajstić information content (AvgIpc) is 3.20. The van der Waals surface area contributed by atoms with Crippen molar-refractivity contribution in [3.05, 3.63) is 0 Å². The third-order valence-corrected chi connectivity index (χ3v) is 19.0. The maximum Gasteiger partial charge on any atom is 0.281 e. The largest absolute Gasteiger partial charge is 0.378 e. The standard InChI is InChI=1S/C34H60N6O4S8/c1-3-5-7-35-9-13-37(14-10-35)31(41)47-25-29(27-49-33(45)39-17-21-43-22-18-39)51-52-30(28-50-34(46)40-19-23-44-24-20-40)26-48-32(42)38-15-11-36(12-16-38)8-6-4-2/h29-30H,3-28H2,1-2H3. The average molecular weight is 873 g/mol. The Morgan fingerprint density at radius 1 is 0.519 bits per heavy atom. The number of carbonyl (C=O) groups is 2. The molecule has 0 saturated carbocycles. The van der Waals surface area contributed by atoms with Crippen LogP contribution in [-0.4, -0.2) is 200 Å². The predicted octanol–water partition coefficient (Wildman–Crippen LogP) is 6.35. The van der Waals surface area contributed by atoms with E-state index in [1.54, 1.807) is 23.5 Å². The Labute approximate surface area is 349 Å². The SMILES string of the molecule is CCCCN1CCN(C(=O)SCC(CSC(=S)N2CCOCC2)SSC(CSC(=O)N2CCN(CCCC)CC2)CSC(=S)N2CCOCC2)CC1. The molecular formula is C34H60N6O4S8. The van der Waals surface area contributed by atoms with Gasteiger partial charge in [-0.05, 0) is 25.9 Å². The van der Waals surface area contributed by atoms with E-state index in [2.05, 4.69) is 33.4 Å². The third kappa shape index (κ3) is 17.0. The van der Waals surface area contributed by atoms with E-state index in [4.69, 9.17) is 33.9 Å². The molecule has 4 saturated heterocycles. The van der Waals surface area contributed by atoms with Crippen LogP contribution >= 0.6 is 93.1 Å². The van der Waals surface area contributed by atoms with Gasteiger partial charge in [0.2, 0.25) is 0 Å². The topological polar surface area (TPSA) is 72.0 Å². The summed E-state index contributed by atoms with van der Waals surface area (Å²) in [7, 11) is 3.71. The highest BCUT2D eigenvalue weighted by molar-refractivity contribution is 8.77. The van der Waals surface area contributed by atoms with Crippen LogP contribution in [0.3, 0.4) is 0 Å². The smallest absolute Gasteiger partial charge is 0.281 e. The van der Waals surface area contributed by atoms with Crippen LogP contribution in [0.4, 0.5) is 9.59 Å². The molecule has 4 fully saturated rings. The van der Waals surface area contributed by atoms with Gasteiger partial charge in [0.15, 0.2) is 0 Å². The molecule has 0 spiro atoms. The molecule has 0 aliphatic carbocycles. The third-order valence-electron chi connectivity index (χ3n) is 9.35. The van der Waals surface area contributed by atoms with Gasteiger partial charge in [0.05, 0.1) is 26.4 Å². The molecule has 18 heteroatoms. The van der Waals surface area contributed by atoms with E-state index < -0.39 is 0 Å². The molecule has 0 aromatic heterocycles. The summed E-state index contributed by atoms with van der Waals surface area (Å²) < 4.78 is 12.9. The Hall–Kier alpha value is 0.660. The maximum absolute atomic E-state index is 13.4. The number of thiocarbonyl (C=S) groups is 2. The molecule has 4 aliphatic rings. The van der Waals surface area contributed by atoms with Crippen LogP contribution in [0.25, 0.3) is 0 Å². The quantitative estimate of drug-likeness (QED) is 0.120. The van der Waals surface area contributed by atoms with E-state index in [9.17, 15) is 9.59 Å². The van der Waals surface area contributed by atoms with Gasteiger partial charge in [-0.15, -0.1) is 0 Å². The predicted molar refractivity (Wildman–Crippen MR) is 239 cm³/mol. The fraction of sp³-hybridized carbons (Fsp3) is 0.882. The summed E-state index contributed by atoms with van der Waals surface area (Å²) in [4.78, 5) is 40.3. The minimum Gasteiger partial charge on any atom is -0.378 e. The van der Waals surface area contributed by atoms with E-state index in [-0.39, 0.29) is 21.0 Å². The second-order valence-corrected chi connectivity index (χ2v) is 21.4. The molecule has 0 aromatic carbocycles. The van der Waals surface area contributed by atoms with Gasteiger partial charge in [0.1, 0.15) is 8.64 Å². The Bertz CT molecular complexity index is 993. The highest BCUT2D eigenvalue weighted by Crippen LogP contribution is 2.38. The van der Waals surface area contributed by atoms with Crippen LogP contribution in [0.15, 0.2) is 0 Å². The Morgan fingerprint density at radius 2 is 0.865 bits per heavy atom. The molecule has 4 aliphatic heterocycles. The lowest BCUT2D eigenvalue weighted by Gasteiger charge is -2.34. The second kappa shape index (κ2) is 26.6. The van der Waals surface area contributed by atoms with E-state index in [1.807, 2.05) is 31.4 Å². The van der Waals surface area contributed by atoms with Gasteiger partial charge in [-0.3, -0.25) is 19.4 Å². The molecule has 0 aromatic rings. The fourth-order valence-electron chi connectivity index (χ4n) is 5.95. The lowest BCUT2D eigenvalue weighted by atomic mass is 10.2.